The fraction of sp³-hybridized carbons (Fsp3) is 0.667. The van der Waals surface area contributed by atoms with E-state index >= 15 is 0 Å². The molecule has 18 heavy (non-hydrogen) atoms. The minimum Gasteiger partial charge on any atom is -0.393 e. The molecule has 3 heteroatoms. The van der Waals surface area contributed by atoms with Crippen molar-refractivity contribution in [2.45, 2.75) is 46.1 Å². The van der Waals surface area contributed by atoms with Gasteiger partial charge in [-0.2, -0.15) is 0 Å². The molecule has 0 fully saturated rings. The second kappa shape index (κ2) is 8.22. The van der Waals surface area contributed by atoms with Gasteiger partial charge in [0.1, 0.15) is 0 Å². The highest BCUT2D eigenvalue weighted by atomic mass is 16.3. The molecule has 1 aliphatic rings. The van der Waals surface area contributed by atoms with Crippen LogP contribution in [0.15, 0.2) is 28.4 Å². The van der Waals surface area contributed by atoms with Crippen LogP contribution in [0, 0.1) is 0 Å². The summed E-state index contributed by atoms with van der Waals surface area (Å²) in [4.78, 5) is 6.75. The first-order chi connectivity index (χ1) is 8.65. The predicted octanol–water partition coefficient (Wildman–Crippen LogP) is 2.77. The predicted molar refractivity (Wildman–Crippen MR) is 78.0 cm³/mol. The monoisotopic (exact) mass is 250 g/mol. The number of aliphatic imine (C=N–C) groups is 1. The summed E-state index contributed by atoms with van der Waals surface area (Å²) < 4.78 is 0. The van der Waals surface area contributed by atoms with E-state index in [1.807, 2.05) is 20.1 Å². The van der Waals surface area contributed by atoms with Crippen LogP contribution in [0.2, 0.25) is 0 Å². The highest BCUT2D eigenvalue weighted by Crippen LogP contribution is 2.09. The maximum atomic E-state index is 9.61. The van der Waals surface area contributed by atoms with Gasteiger partial charge in [-0.3, -0.25) is 9.89 Å². The van der Waals surface area contributed by atoms with Crippen molar-refractivity contribution in [2.75, 3.05) is 19.6 Å². The van der Waals surface area contributed by atoms with Gasteiger partial charge in [0.2, 0.25) is 0 Å². The molecule has 0 aromatic carbocycles. The molecule has 0 amide bonds. The average molecular weight is 250 g/mol. The minimum atomic E-state index is -0.167. The summed E-state index contributed by atoms with van der Waals surface area (Å²) in [6.45, 7) is 9.10. The Hall–Kier alpha value is -0.930. The van der Waals surface area contributed by atoms with Crippen molar-refractivity contribution in [2.24, 2.45) is 4.99 Å². The molecule has 3 nitrogen and oxygen atoms in total. The molecule has 1 unspecified atom stereocenters. The number of nitrogens with zero attached hydrogens (tertiary/aromatic N) is 2. The molecule has 0 bridgehead atoms. The third-order valence-electron chi connectivity index (χ3n) is 3.33. The Morgan fingerprint density at radius 2 is 2.17 bits per heavy atom. The number of rotatable bonds is 7. The Morgan fingerprint density at radius 1 is 1.39 bits per heavy atom. The van der Waals surface area contributed by atoms with E-state index in [0.717, 1.165) is 44.6 Å². The summed E-state index contributed by atoms with van der Waals surface area (Å²) in [5.74, 6) is 0. The maximum absolute atomic E-state index is 9.61. The zero-order chi connectivity index (χ0) is 13.4. The zero-order valence-corrected chi connectivity index (χ0v) is 11.9. The molecule has 0 radical (unpaired) electrons. The Labute approximate surface area is 111 Å². The molecule has 0 saturated carbocycles. The number of hydrogen-bond acceptors (Lipinski definition) is 3. The highest BCUT2D eigenvalue weighted by molar-refractivity contribution is 5.80. The van der Waals surface area contributed by atoms with E-state index in [-0.39, 0.29) is 6.10 Å². The van der Waals surface area contributed by atoms with E-state index in [4.69, 9.17) is 0 Å². The number of hydrogen-bond donors (Lipinski definition) is 1. The van der Waals surface area contributed by atoms with Gasteiger partial charge in [0.15, 0.2) is 0 Å². The molecule has 0 aromatic rings. The van der Waals surface area contributed by atoms with Crippen LogP contribution in [0.4, 0.5) is 0 Å². The number of likely N-dealkylation sites (N-methyl/N-ethyl adjacent to an activating group) is 1. The third-order valence-corrected chi connectivity index (χ3v) is 3.33. The first-order valence-corrected chi connectivity index (χ1v) is 6.96. The molecule has 0 aliphatic carbocycles. The molecule has 1 aliphatic heterocycles. The van der Waals surface area contributed by atoms with Gasteiger partial charge in [-0.05, 0) is 38.3 Å². The van der Waals surface area contributed by atoms with Crippen LogP contribution < -0.4 is 0 Å². The van der Waals surface area contributed by atoms with Crippen molar-refractivity contribution < 1.29 is 5.11 Å². The standard InChI is InChI=1S/C15H26N2O/c1-4-15(18)9-10-17(5-2)12-14-8-6-7-13(3)16-11-14/h7-8,11,15,18H,4-6,9-10,12H2,1-3H3. The SMILES string of the molecule is CCC(O)CCN(CC)CC1=CCC=C(C)N=C1. The van der Waals surface area contributed by atoms with Crippen LogP contribution in [0.1, 0.15) is 40.0 Å². The van der Waals surface area contributed by atoms with Gasteiger partial charge in [0.05, 0.1) is 6.10 Å². The van der Waals surface area contributed by atoms with Gasteiger partial charge in [0, 0.05) is 25.0 Å². The quantitative estimate of drug-likeness (QED) is 0.754. The minimum absolute atomic E-state index is 0.167. The van der Waals surface area contributed by atoms with Crippen LogP contribution in [0.5, 0.6) is 0 Å². The van der Waals surface area contributed by atoms with Crippen LogP contribution in [-0.2, 0) is 0 Å². The van der Waals surface area contributed by atoms with E-state index < -0.39 is 0 Å². The Kier molecular flexibility index (Phi) is 6.91. The number of aliphatic hydroxyl groups is 1. The number of allylic oxidation sites excluding steroid dienone is 3. The van der Waals surface area contributed by atoms with Crippen LogP contribution in [-0.4, -0.2) is 42.0 Å². The van der Waals surface area contributed by atoms with Gasteiger partial charge in [0.25, 0.3) is 0 Å². The van der Waals surface area contributed by atoms with Gasteiger partial charge in [-0.15, -0.1) is 0 Å². The van der Waals surface area contributed by atoms with E-state index in [2.05, 4.69) is 29.0 Å². The molecule has 1 atom stereocenters. The molecule has 0 spiro atoms. The van der Waals surface area contributed by atoms with Crippen molar-refractivity contribution >= 4 is 6.21 Å². The molecule has 1 rings (SSSR count). The fourth-order valence-electron chi connectivity index (χ4n) is 1.92. The Morgan fingerprint density at radius 3 is 2.83 bits per heavy atom. The second-order valence-electron chi connectivity index (χ2n) is 4.84. The normalized spacial score (nSPS) is 17.4. The first kappa shape index (κ1) is 15.1. The topological polar surface area (TPSA) is 35.8 Å². The average Bonchev–Trinajstić information content (AvgIpc) is 2.58. The smallest absolute Gasteiger partial charge is 0.0549 e. The van der Waals surface area contributed by atoms with Crippen LogP contribution in [0.3, 0.4) is 0 Å². The van der Waals surface area contributed by atoms with Gasteiger partial charge >= 0.3 is 0 Å². The van der Waals surface area contributed by atoms with Gasteiger partial charge < -0.3 is 5.11 Å². The summed E-state index contributed by atoms with van der Waals surface area (Å²) in [5, 5.41) is 9.61. The summed E-state index contributed by atoms with van der Waals surface area (Å²) in [6, 6.07) is 0. The van der Waals surface area contributed by atoms with Crippen molar-refractivity contribution in [3.63, 3.8) is 0 Å². The van der Waals surface area contributed by atoms with E-state index in [1.54, 1.807) is 0 Å². The fourth-order valence-corrected chi connectivity index (χ4v) is 1.92. The van der Waals surface area contributed by atoms with E-state index in [0.29, 0.717) is 0 Å². The highest BCUT2D eigenvalue weighted by Gasteiger charge is 2.08. The van der Waals surface area contributed by atoms with Crippen molar-refractivity contribution in [1.29, 1.82) is 0 Å². The summed E-state index contributed by atoms with van der Waals surface area (Å²) >= 11 is 0. The lowest BCUT2D eigenvalue weighted by Gasteiger charge is -2.22. The van der Waals surface area contributed by atoms with Gasteiger partial charge in [-0.1, -0.05) is 26.0 Å². The first-order valence-electron chi connectivity index (χ1n) is 6.96. The lowest BCUT2D eigenvalue weighted by Crippen LogP contribution is -2.29. The molecule has 0 aromatic heterocycles. The maximum Gasteiger partial charge on any atom is 0.0549 e. The Bertz CT molecular complexity index is 331. The number of aliphatic hydroxyl groups excluding tert-OH is 1. The van der Waals surface area contributed by atoms with E-state index in [9.17, 15) is 5.11 Å². The van der Waals surface area contributed by atoms with Crippen molar-refractivity contribution in [3.05, 3.63) is 23.4 Å². The van der Waals surface area contributed by atoms with Crippen molar-refractivity contribution in [3.8, 4) is 0 Å². The van der Waals surface area contributed by atoms with Crippen LogP contribution >= 0.6 is 0 Å². The third kappa shape index (κ3) is 5.61. The summed E-state index contributed by atoms with van der Waals surface area (Å²) in [5.41, 5.74) is 2.36. The van der Waals surface area contributed by atoms with Crippen LogP contribution in [0.25, 0.3) is 0 Å². The Balaban J connectivity index is 2.43. The zero-order valence-electron chi connectivity index (χ0n) is 11.9. The largest absolute Gasteiger partial charge is 0.393 e. The molecule has 102 valence electrons. The lowest BCUT2D eigenvalue weighted by molar-refractivity contribution is 0.141. The molecule has 1 heterocycles. The molecular formula is C15H26N2O. The van der Waals surface area contributed by atoms with E-state index in [1.165, 1.54) is 5.57 Å². The molecular weight excluding hydrogens is 224 g/mol. The summed E-state index contributed by atoms with van der Waals surface area (Å²) in [7, 11) is 0. The van der Waals surface area contributed by atoms with Gasteiger partial charge in [-0.25, -0.2) is 0 Å². The lowest BCUT2D eigenvalue weighted by atomic mass is 10.1. The second-order valence-corrected chi connectivity index (χ2v) is 4.84. The molecule has 0 saturated heterocycles. The van der Waals surface area contributed by atoms with Crippen molar-refractivity contribution in [1.82, 2.24) is 4.90 Å². The summed E-state index contributed by atoms with van der Waals surface area (Å²) in [6.07, 6.45) is 8.84. The molecule has 1 N–H and O–H groups in total.